The van der Waals surface area contributed by atoms with Crippen LogP contribution in [0.25, 0.3) is 0 Å². The van der Waals surface area contributed by atoms with Crippen molar-refractivity contribution in [2.24, 2.45) is 11.8 Å². The Kier molecular flexibility index (Phi) is 4.57. The van der Waals surface area contributed by atoms with Crippen LogP contribution in [0.3, 0.4) is 0 Å². The van der Waals surface area contributed by atoms with Crippen LogP contribution in [-0.2, 0) is 16.1 Å². The molecule has 5 rings (SSSR count). The molecule has 30 heavy (non-hydrogen) atoms. The van der Waals surface area contributed by atoms with E-state index in [-0.39, 0.29) is 30.2 Å². The molecule has 4 amide bonds. The van der Waals surface area contributed by atoms with Gasteiger partial charge < -0.3 is 10.2 Å². The number of para-hydroxylation sites is 1. The highest BCUT2D eigenvalue weighted by Crippen LogP contribution is 2.54. The molecule has 0 spiro atoms. The average molecular weight is 403 g/mol. The summed E-state index contributed by atoms with van der Waals surface area (Å²) in [5.74, 6) is -0.0401. The second kappa shape index (κ2) is 7.27. The van der Waals surface area contributed by atoms with Crippen molar-refractivity contribution >= 4 is 23.5 Å². The summed E-state index contributed by atoms with van der Waals surface area (Å²) in [6.45, 7) is 0.136. The fourth-order valence-corrected chi connectivity index (χ4v) is 4.64. The fourth-order valence-electron chi connectivity index (χ4n) is 4.64. The molecule has 1 N–H and O–H groups in total. The van der Waals surface area contributed by atoms with Gasteiger partial charge in [0, 0.05) is 5.69 Å². The minimum atomic E-state index is -0.769. The third-order valence-corrected chi connectivity index (χ3v) is 6.45. The van der Waals surface area contributed by atoms with Crippen molar-refractivity contribution in [3.05, 3.63) is 66.2 Å². The maximum Gasteiger partial charge on any atom is 0.325 e. The molecule has 1 heterocycles. The Labute approximate surface area is 175 Å². The molecule has 0 unspecified atom stereocenters. The van der Waals surface area contributed by atoms with E-state index in [0.717, 1.165) is 41.8 Å². The van der Waals surface area contributed by atoms with E-state index in [1.807, 2.05) is 60.7 Å². The highest BCUT2D eigenvalue weighted by Gasteiger charge is 2.65. The summed E-state index contributed by atoms with van der Waals surface area (Å²) in [5, 5.41) is 2.99. The van der Waals surface area contributed by atoms with E-state index in [2.05, 4.69) is 5.32 Å². The third kappa shape index (κ3) is 3.26. The number of hydrogen-bond acceptors (Lipinski definition) is 3. The largest absolute Gasteiger partial charge is 0.325 e. The van der Waals surface area contributed by atoms with E-state index in [9.17, 15) is 14.4 Å². The number of nitrogens with zero attached hydrogens (tertiary/aromatic N) is 2. The summed E-state index contributed by atoms with van der Waals surface area (Å²) in [5.41, 5.74) is 0.959. The van der Waals surface area contributed by atoms with Crippen LogP contribution in [0.5, 0.6) is 0 Å². The van der Waals surface area contributed by atoms with Gasteiger partial charge in [0.2, 0.25) is 5.91 Å². The number of amides is 4. The standard InChI is InChI=1S/C24H25N3O3/c28-21(26(20-9-5-2-6-10-20)15-17-7-3-1-4-8-17)16-27-22(29)24(18-11-12-18,19-13-14-19)25-23(27)30/h1-10,18-19H,11-16H2,(H,25,30). The Morgan fingerprint density at radius 1 is 0.933 bits per heavy atom. The van der Waals surface area contributed by atoms with E-state index < -0.39 is 11.6 Å². The minimum absolute atomic E-state index is 0.210. The molecule has 0 radical (unpaired) electrons. The first kappa shape index (κ1) is 18.9. The molecule has 2 aromatic rings. The first-order valence-corrected chi connectivity index (χ1v) is 10.6. The van der Waals surface area contributed by atoms with Gasteiger partial charge in [-0.25, -0.2) is 4.79 Å². The third-order valence-electron chi connectivity index (χ3n) is 6.45. The Morgan fingerprint density at radius 2 is 1.50 bits per heavy atom. The lowest BCUT2D eigenvalue weighted by molar-refractivity contribution is -0.135. The minimum Gasteiger partial charge on any atom is -0.323 e. The van der Waals surface area contributed by atoms with Gasteiger partial charge in [0.15, 0.2) is 0 Å². The maximum absolute atomic E-state index is 13.3. The van der Waals surface area contributed by atoms with Crippen molar-refractivity contribution in [1.29, 1.82) is 0 Å². The number of rotatable bonds is 7. The molecule has 3 fully saturated rings. The molecule has 0 aromatic heterocycles. The number of urea groups is 1. The van der Waals surface area contributed by atoms with Crippen LogP contribution < -0.4 is 10.2 Å². The summed E-state index contributed by atoms with van der Waals surface area (Å²) in [6, 6.07) is 18.7. The van der Waals surface area contributed by atoms with Gasteiger partial charge in [0.05, 0.1) is 6.54 Å². The van der Waals surface area contributed by atoms with E-state index >= 15 is 0 Å². The smallest absolute Gasteiger partial charge is 0.323 e. The Morgan fingerprint density at radius 3 is 2.07 bits per heavy atom. The zero-order valence-corrected chi connectivity index (χ0v) is 16.8. The summed E-state index contributed by atoms with van der Waals surface area (Å²) < 4.78 is 0. The molecule has 3 aliphatic rings. The SMILES string of the molecule is O=C1NC(C2CC2)(C2CC2)C(=O)N1CC(=O)N(Cc1ccccc1)c1ccccc1. The molecule has 6 heteroatoms. The number of carbonyl (C=O) groups is 3. The molecule has 154 valence electrons. The number of hydrogen-bond donors (Lipinski definition) is 1. The lowest BCUT2D eigenvalue weighted by atomic mass is 9.87. The van der Waals surface area contributed by atoms with Crippen molar-refractivity contribution in [3.63, 3.8) is 0 Å². The molecule has 0 bridgehead atoms. The molecular formula is C24H25N3O3. The summed E-state index contributed by atoms with van der Waals surface area (Å²) >= 11 is 0. The highest BCUT2D eigenvalue weighted by atomic mass is 16.2. The highest BCUT2D eigenvalue weighted by molar-refractivity contribution is 6.11. The lowest BCUT2D eigenvalue weighted by Gasteiger charge is -2.27. The quantitative estimate of drug-likeness (QED) is 0.721. The topological polar surface area (TPSA) is 69.7 Å². The molecule has 2 saturated carbocycles. The summed E-state index contributed by atoms with van der Waals surface area (Å²) in [7, 11) is 0. The van der Waals surface area contributed by atoms with Crippen molar-refractivity contribution < 1.29 is 14.4 Å². The number of anilines is 1. The number of imide groups is 1. The van der Waals surface area contributed by atoms with Crippen LogP contribution >= 0.6 is 0 Å². The van der Waals surface area contributed by atoms with Gasteiger partial charge in [-0.15, -0.1) is 0 Å². The molecule has 6 nitrogen and oxygen atoms in total. The van der Waals surface area contributed by atoms with Crippen molar-refractivity contribution in [1.82, 2.24) is 10.2 Å². The lowest BCUT2D eigenvalue weighted by Crippen LogP contribution is -2.51. The van der Waals surface area contributed by atoms with Gasteiger partial charge in [0.25, 0.3) is 5.91 Å². The van der Waals surface area contributed by atoms with Crippen LogP contribution in [0.2, 0.25) is 0 Å². The van der Waals surface area contributed by atoms with Crippen LogP contribution in [0.4, 0.5) is 10.5 Å². The second-order valence-electron chi connectivity index (χ2n) is 8.54. The van der Waals surface area contributed by atoms with E-state index in [1.54, 1.807) is 4.90 Å². The van der Waals surface area contributed by atoms with Gasteiger partial charge in [-0.1, -0.05) is 48.5 Å². The van der Waals surface area contributed by atoms with Gasteiger partial charge in [0.1, 0.15) is 12.1 Å². The van der Waals surface area contributed by atoms with Crippen LogP contribution in [0.15, 0.2) is 60.7 Å². The van der Waals surface area contributed by atoms with E-state index in [1.165, 1.54) is 0 Å². The van der Waals surface area contributed by atoms with Gasteiger partial charge in [-0.2, -0.15) is 0 Å². The van der Waals surface area contributed by atoms with Crippen LogP contribution in [0, 0.1) is 11.8 Å². The molecular weight excluding hydrogens is 378 g/mol. The molecule has 1 saturated heterocycles. The van der Waals surface area contributed by atoms with Crippen molar-refractivity contribution in [2.45, 2.75) is 37.8 Å². The van der Waals surface area contributed by atoms with E-state index in [0.29, 0.717) is 6.54 Å². The Bertz CT molecular complexity index is 956. The van der Waals surface area contributed by atoms with Crippen molar-refractivity contribution in [2.75, 3.05) is 11.4 Å². The predicted molar refractivity (Wildman–Crippen MR) is 112 cm³/mol. The zero-order chi connectivity index (χ0) is 20.7. The molecule has 2 aliphatic carbocycles. The molecule has 0 atom stereocenters. The second-order valence-corrected chi connectivity index (χ2v) is 8.54. The fraction of sp³-hybridized carbons (Fsp3) is 0.375. The Hall–Kier alpha value is -3.15. The average Bonchev–Trinajstić information content (AvgIpc) is 3.68. The summed E-state index contributed by atoms with van der Waals surface area (Å²) in [4.78, 5) is 42.2. The van der Waals surface area contributed by atoms with Gasteiger partial charge >= 0.3 is 6.03 Å². The summed E-state index contributed by atoms with van der Waals surface area (Å²) in [6.07, 6.45) is 3.87. The van der Waals surface area contributed by atoms with Crippen LogP contribution in [0.1, 0.15) is 31.2 Å². The van der Waals surface area contributed by atoms with Crippen LogP contribution in [-0.4, -0.2) is 34.8 Å². The normalized spacial score (nSPS) is 20.2. The van der Waals surface area contributed by atoms with Crippen molar-refractivity contribution in [3.8, 4) is 0 Å². The Balaban J connectivity index is 1.39. The monoisotopic (exact) mass is 403 g/mol. The number of nitrogens with one attached hydrogen (secondary N) is 1. The van der Waals surface area contributed by atoms with E-state index in [4.69, 9.17) is 0 Å². The molecule has 1 aliphatic heterocycles. The predicted octanol–water partition coefficient (Wildman–Crippen LogP) is 3.33. The zero-order valence-electron chi connectivity index (χ0n) is 16.8. The number of carbonyl (C=O) groups excluding carboxylic acids is 3. The first-order valence-electron chi connectivity index (χ1n) is 10.6. The molecule has 2 aromatic carbocycles. The van der Waals surface area contributed by atoms with Gasteiger partial charge in [-0.05, 0) is 55.2 Å². The van der Waals surface area contributed by atoms with Gasteiger partial charge in [-0.3, -0.25) is 14.5 Å². The maximum atomic E-state index is 13.3. The first-order chi connectivity index (χ1) is 14.6. The number of benzene rings is 2.